The molecule has 1 fully saturated rings. The van der Waals surface area contributed by atoms with Gasteiger partial charge in [-0.2, -0.15) is 18.4 Å². The lowest BCUT2D eigenvalue weighted by Crippen LogP contribution is -2.55. The number of rotatable bonds is 5. The number of halogens is 3. The Morgan fingerprint density at radius 1 is 1.30 bits per heavy atom. The molecule has 3 rings (SSSR count). The lowest BCUT2D eigenvalue weighted by Gasteiger charge is -2.34. The molecule has 1 saturated heterocycles. The van der Waals surface area contributed by atoms with Gasteiger partial charge in [0.2, 0.25) is 0 Å². The second kappa shape index (κ2) is 7.89. The van der Waals surface area contributed by atoms with E-state index < -0.39 is 24.2 Å². The Kier molecular flexibility index (Phi) is 5.81. The third kappa shape index (κ3) is 3.64. The molecule has 2 atom stereocenters. The smallest absolute Gasteiger partial charge is 0.379 e. The Morgan fingerprint density at radius 2 is 1.93 bits per heavy atom. The molecule has 2 aromatic rings. The number of ketones is 1. The Balaban J connectivity index is 1.85. The number of likely N-dealkylation sites (tertiary alicyclic amines) is 1. The fourth-order valence-electron chi connectivity index (χ4n) is 4.45. The average molecular weight is 419 g/mol. The molecule has 1 aliphatic rings. The molecule has 0 spiro atoms. The largest absolute Gasteiger partial charge is 0.418 e. The van der Waals surface area contributed by atoms with E-state index in [1.807, 2.05) is 11.5 Å². The van der Waals surface area contributed by atoms with Gasteiger partial charge < -0.3 is 9.67 Å². The maximum Gasteiger partial charge on any atom is 0.418 e. The number of aliphatic hydroxyl groups is 1. The fraction of sp³-hybridized carbons (Fsp3) is 0.455. The molecular formula is C22H24F3N3O2. The zero-order valence-corrected chi connectivity index (χ0v) is 17.1. The SMILES string of the molecule is CCC1N(CC(=O)c2cc(C)n(-c3ccc(C#N)cc3)c2C)CC[C@@]1(O)C(F)(F)F. The van der Waals surface area contributed by atoms with E-state index in [0.29, 0.717) is 16.8 Å². The number of hydrogen-bond acceptors (Lipinski definition) is 4. The van der Waals surface area contributed by atoms with Gasteiger partial charge in [0.05, 0.1) is 18.2 Å². The van der Waals surface area contributed by atoms with Crippen molar-refractivity contribution in [2.24, 2.45) is 0 Å². The summed E-state index contributed by atoms with van der Waals surface area (Å²) in [7, 11) is 0. The van der Waals surface area contributed by atoms with Crippen LogP contribution in [0, 0.1) is 25.2 Å². The number of hydrogen-bond donors (Lipinski definition) is 1. The van der Waals surface area contributed by atoms with Gasteiger partial charge >= 0.3 is 6.18 Å². The first-order valence-electron chi connectivity index (χ1n) is 9.79. The highest BCUT2D eigenvalue weighted by molar-refractivity contribution is 5.99. The summed E-state index contributed by atoms with van der Waals surface area (Å²) >= 11 is 0. The topological polar surface area (TPSA) is 69.3 Å². The Hall–Kier alpha value is -2.63. The molecule has 5 nitrogen and oxygen atoms in total. The van der Waals surface area contributed by atoms with Gasteiger partial charge in [-0.1, -0.05) is 6.92 Å². The van der Waals surface area contributed by atoms with Crippen LogP contribution in [0.25, 0.3) is 5.69 Å². The van der Waals surface area contributed by atoms with Crippen molar-refractivity contribution < 1.29 is 23.1 Å². The molecule has 1 unspecified atom stereocenters. The normalized spacial score (nSPS) is 22.3. The Bertz CT molecular complexity index is 989. The second-order valence-corrected chi connectivity index (χ2v) is 7.77. The van der Waals surface area contributed by atoms with Crippen molar-refractivity contribution in [2.45, 2.75) is 51.4 Å². The molecule has 160 valence electrons. The van der Waals surface area contributed by atoms with Gasteiger partial charge in [-0.3, -0.25) is 9.69 Å². The van der Waals surface area contributed by atoms with E-state index >= 15 is 0 Å². The third-order valence-corrected chi connectivity index (χ3v) is 5.98. The van der Waals surface area contributed by atoms with Gasteiger partial charge in [-0.25, -0.2) is 0 Å². The maximum atomic E-state index is 13.4. The third-order valence-electron chi connectivity index (χ3n) is 5.98. The summed E-state index contributed by atoms with van der Waals surface area (Å²) in [6, 6.07) is 9.56. The predicted molar refractivity (Wildman–Crippen MR) is 106 cm³/mol. The molecule has 1 N–H and O–H groups in total. The summed E-state index contributed by atoms with van der Waals surface area (Å²) in [5, 5.41) is 19.2. The number of carbonyl (C=O) groups is 1. The van der Waals surface area contributed by atoms with Crippen LogP contribution in [0.3, 0.4) is 0 Å². The van der Waals surface area contributed by atoms with Crippen LogP contribution in [0.1, 0.15) is 47.1 Å². The van der Waals surface area contributed by atoms with Crippen LogP contribution in [0.5, 0.6) is 0 Å². The van der Waals surface area contributed by atoms with E-state index in [1.54, 1.807) is 44.2 Å². The molecule has 0 aliphatic carbocycles. The van der Waals surface area contributed by atoms with Crippen molar-refractivity contribution in [3.8, 4) is 11.8 Å². The summed E-state index contributed by atoms with van der Waals surface area (Å²) in [5.41, 5.74) is 0.452. The van der Waals surface area contributed by atoms with Crippen molar-refractivity contribution in [1.29, 1.82) is 5.26 Å². The zero-order chi connectivity index (χ0) is 22.3. The van der Waals surface area contributed by atoms with Crippen molar-refractivity contribution >= 4 is 5.78 Å². The number of aryl methyl sites for hydroxylation is 1. The lowest BCUT2D eigenvalue weighted by molar-refractivity contribution is -0.267. The van der Waals surface area contributed by atoms with Crippen LogP contribution >= 0.6 is 0 Å². The van der Waals surface area contributed by atoms with E-state index in [1.165, 1.54) is 4.90 Å². The summed E-state index contributed by atoms with van der Waals surface area (Å²) < 4.78 is 42.1. The van der Waals surface area contributed by atoms with Crippen LogP contribution in [-0.2, 0) is 0 Å². The van der Waals surface area contributed by atoms with E-state index in [9.17, 15) is 23.1 Å². The highest BCUT2D eigenvalue weighted by Gasteiger charge is 2.62. The number of carbonyl (C=O) groups excluding carboxylic acids is 1. The quantitative estimate of drug-likeness (QED) is 0.746. The molecule has 30 heavy (non-hydrogen) atoms. The van der Waals surface area contributed by atoms with Gasteiger partial charge in [0.25, 0.3) is 0 Å². The second-order valence-electron chi connectivity index (χ2n) is 7.77. The van der Waals surface area contributed by atoms with Crippen molar-refractivity contribution in [2.75, 3.05) is 13.1 Å². The minimum Gasteiger partial charge on any atom is -0.379 e. The fourth-order valence-corrected chi connectivity index (χ4v) is 4.45. The summed E-state index contributed by atoms with van der Waals surface area (Å²) in [6.07, 6.45) is -5.09. The number of alkyl halides is 3. The molecule has 2 heterocycles. The maximum absolute atomic E-state index is 13.4. The summed E-state index contributed by atoms with van der Waals surface area (Å²) in [4.78, 5) is 14.4. The molecular weight excluding hydrogens is 395 g/mol. The van der Waals surface area contributed by atoms with Crippen LogP contribution in [-0.4, -0.2) is 51.3 Å². The van der Waals surface area contributed by atoms with E-state index in [-0.39, 0.29) is 25.3 Å². The van der Waals surface area contributed by atoms with Crippen molar-refractivity contribution in [1.82, 2.24) is 9.47 Å². The monoisotopic (exact) mass is 419 g/mol. The number of benzene rings is 1. The predicted octanol–water partition coefficient (Wildman–Crippen LogP) is 3.93. The Labute approximate surface area is 173 Å². The first-order chi connectivity index (χ1) is 14.0. The highest BCUT2D eigenvalue weighted by Crippen LogP contribution is 2.43. The zero-order valence-electron chi connectivity index (χ0n) is 17.1. The molecule has 0 saturated carbocycles. The van der Waals surface area contributed by atoms with Crippen LogP contribution in [0.2, 0.25) is 0 Å². The molecule has 0 bridgehead atoms. The molecule has 1 aliphatic heterocycles. The number of Topliss-reactive ketones (excluding diaryl/α,β-unsaturated/α-hetero) is 1. The van der Waals surface area contributed by atoms with Gasteiger partial charge in [-0.05, 0) is 57.0 Å². The average Bonchev–Trinajstić information content (AvgIpc) is 3.18. The van der Waals surface area contributed by atoms with E-state index in [2.05, 4.69) is 6.07 Å². The van der Waals surface area contributed by atoms with Crippen LogP contribution < -0.4 is 0 Å². The first kappa shape index (κ1) is 22.1. The van der Waals surface area contributed by atoms with Crippen LogP contribution in [0.15, 0.2) is 30.3 Å². The molecule has 0 radical (unpaired) electrons. The number of nitriles is 1. The molecule has 1 aromatic heterocycles. The minimum atomic E-state index is -4.74. The standard InChI is InChI=1S/C22H24F3N3O2/c1-4-20-21(30,22(23,24)25)9-10-27(20)13-19(29)18-11-14(2)28(15(18)3)17-7-5-16(12-26)6-8-17/h5-8,11,20,30H,4,9-10,13H2,1-3H3/t20?,21-/m0/s1. The van der Waals surface area contributed by atoms with Crippen molar-refractivity contribution in [3.05, 3.63) is 52.8 Å². The minimum absolute atomic E-state index is 0.00855. The van der Waals surface area contributed by atoms with E-state index in [0.717, 1.165) is 11.4 Å². The van der Waals surface area contributed by atoms with Gasteiger partial charge in [0.15, 0.2) is 11.4 Å². The van der Waals surface area contributed by atoms with Gasteiger partial charge in [0, 0.05) is 35.2 Å². The number of aromatic nitrogens is 1. The van der Waals surface area contributed by atoms with Gasteiger partial charge in [0.1, 0.15) is 0 Å². The van der Waals surface area contributed by atoms with Crippen molar-refractivity contribution in [3.63, 3.8) is 0 Å². The van der Waals surface area contributed by atoms with E-state index in [4.69, 9.17) is 5.26 Å². The first-order valence-corrected chi connectivity index (χ1v) is 9.79. The molecule has 1 aromatic carbocycles. The van der Waals surface area contributed by atoms with Crippen LogP contribution in [0.4, 0.5) is 13.2 Å². The Morgan fingerprint density at radius 3 is 2.47 bits per heavy atom. The number of nitrogens with zero attached hydrogens (tertiary/aromatic N) is 3. The highest BCUT2D eigenvalue weighted by atomic mass is 19.4. The summed E-state index contributed by atoms with van der Waals surface area (Å²) in [6.45, 7) is 5.03. The summed E-state index contributed by atoms with van der Waals surface area (Å²) in [5.74, 6) is -0.284. The lowest BCUT2D eigenvalue weighted by atomic mass is 9.92. The molecule has 8 heteroatoms. The molecule has 0 amide bonds. The van der Waals surface area contributed by atoms with Gasteiger partial charge in [-0.15, -0.1) is 0 Å².